The molecule has 0 aliphatic carbocycles. The number of rotatable bonds is 2. The van der Waals surface area contributed by atoms with E-state index in [0.717, 1.165) is 24.3 Å². The molecule has 0 atom stereocenters. The first kappa shape index (κ1) is 9.71. The van der Waals surface area contributed by atoms with Crippen molar-refractivity contribution in [3.05, 3.63) is 17.7 Å². The topological polar surface area (TPSA) is 34.9 Å². The fraction of sp³-hybridized carbons (Fsp3) is 0.556. The summed E-state index contributed by atoms with van der Waals surface area (Å²) >= 11 is 1.88. The Morgan fingerprint density at radius 3 is 2.86 bits per heavy atom. The average Bonchev–Trinajstić information content (AvgIpc) is 2.61. The Morgan fingerprint density at radius 2 is 2.29 bits per heavy atom. The van der Waals surface area contributed by atoms with E-state index in [2.05, 4.69) is 5.10 Å². The Bertz CT molecular complexity index is 334. The van der Waals surface area contributed by atoms with Gasteiger partial charge in [0, 0.05) is 0 Å². The standard InChI is InChI=1S/C9H11FN2OS/c10-9-7(6-13)5-11-12(9)8-1-3-14-4-2-8/h5-6,8H,1-4H2. The molecule has 5 heteroatoms. The van der Waals surface area contributed by atoms with Crippen molar-refractivity contribution in [3.63, 3.8) is 0 Å². The maximum Gasteiger partial charge on any atom is 0.222 e. The van der Waals surface area contributed by atoms with E-state index < -0.39 is 5.95 Å². The average molecular weight is 214 g/mol. The van der Waals surface area contributed by atoms with Gasteiger partial charge in [0.05, 0.1) is 17.8 Å². The zero-order chi connectivity index (χ0) is 9.97. The molecule has 0 unspecified atom stereocenters. The number of aldehydes is 1. The van der Waals surface area contributed by atoms with E-state index in [9.17, 15) is 9.18 Å². The molecule has 2 heterocycles. The van der Waals surface area contributed by atoms with Gasteiger partial charge < -0.3 is 0 Å². The third kappa shape index (κ3) is 1.68. The summed E-state index contributed by atoms with van der Waals surface area (Å²) in [6, 6.07) is 0.130. The lowest BCUT2D eigenvalue weighted by atomic mass is 10.1. The minimum absolute atomic E-state index is 0.0585. The highest BCUT2D eigenvalue weighted by molar-refractivity contribution is 7.99. The molecule has 1 aromatic rings. The largest absolute Gasteiger partial charge is 0.298 e. The number of thioether (sulfide) groups is 1. The molecular weight excluding hydrogens is 203 g/mol. The number of nitrogens with zero attached hydrogens (tertiary/aromatic N) is 2. The SMILES string of the molecule is O=Cc1cnn(C2CCSCC2)c1F. The van der Waals surface area contributed by atoms with Crippen LogP contribution in [0.15, 0.2) is 6.20 Å². The van der Waals surface area contributed by atoms with Gasteiger partial charge >= 0.3 is 0 Å². The van der Waals surface area contributed by atoms with Gasteiger partial charge in [0.2, 0.25) is 5.95 Å². The highest BCUT2D eigenvalue weighted by atomic mass is 32.2. The van der Waals surface area contributed by atoms with Crippen LogP contribution >= 0.6 is 11.8 Å². The lowest BCUT2D eigenvalue weighted by Crippen LogP contribution is -2.18. The van der Waals surface area contributed by atoms with Crippen LogP contribution in [0.5, 0.6) is 0 Å². The minimum atomic E-state index is -0.489. The van der Waals surface area contributed by atoms with E-state index in [1.807, 2.05) is 11.8 Å². The van der Waals surface area contributed by atoms with Crippen LogP contribution in [-0.2, 0) is 0 Å². The van der Waals surface area contributed by atoms with E-state index in [4.69, 9.17) is 0 Å². The first-order valence-electron chi connectivity index (χ1n) is 4.59. The van der Waals surface area contributed by atoms with Crippen LogP contribution in [0.25, 0.3) is 0 Å². The maximum absolute atomic E-state index is 13.5. The number of aromatic nitrogens is 2. The molecule has 14 heavy (non-hydrogen) atoms. The molecule has 0 N–H and O–H groups in total. The first-order chi connectivity index (χ1) is 6.83. The number of hydrogen-bond donors (Lipinski definition) is 0. The summed E-state index contributed by atoms with van der Waals surface area (Å²) in [6.07, 6.45) is 3.67. The van der Waals surface area contributed by atoms with Crippen molar-refractivity contribution < 1.29 is 9.18 Å². The van der Waals surface area contributed by atoms with Crippen LogP contribution < -0.4 is 0 Å². The highest BCUT2D eigenvalue weighted by Gasteiger charge is 2.20. The summed E-state index contributed by atoms with van der Waals surface area (Å²) in [4.78, 5) is 10.4. The quantitative estimate of drug-likeness (QED) is 0.705. The Hall–Kier alpha value is -0.840. The Kier molecular flexibility index (Phi) is 2.86. The maximum atomic E-state index is 13.5. The van der Waals surface area contributed by atoms with Crippen LogP contribution in [0.2, 0.25) is 0 Å². The van der Waals surface area contributed by atoms with E-state index in [1.54, 1.807) is 0 Å². The zero-order valence-electron chi connectivity index (χ0n) is 7.65. The number of halogens is 1. The predicted molar refractivity (Wildman–Crippen MR) is 53.2 cm³/mol. The van der Waals surface area contributed by atoms with Crippen molar-refractivity contribution in [2.45, 2.75) is 18.9 Å². The Morgan fingerprint density at radius 1 is 1.57 bits per heavy atom. The van der Waals surface area contributed by atoms with Gasteiger partial charge in [-0.25, -0.2) is 4.68 Å². The van der Waals surface area contributed by atoms with E-state index in [0.29, 0.717) is 6.29 Å². The monoisotopic (exact) mass is 214 g/mol. The van der Waals surface area contributed by atoms with Crippen LogP contribution in [0.4, 0.5) is 4.39 Å². The number of carbonyl (C=O) groups excluding carboxylic acids is 1. The van der Waals surface area contributed by atoms with Gasteiger partial charge in [0.1, 0.15) is 0 Å². The summed E-state index contributed by atoms with van der Waals surface area (Å²) in [6.45, 7) is 0. The molecule has 0 aromatic carbocycles. The molecule has 0 bridgehead atoms. The molecule has 1 aromatic heterocycles. The fourth-order valence-electron chi connectivity index (χ4n) is 1.62. The second kappa shape index (κ2) is 4.13. The second-order valence-electron chi connectivity index (χ2n) is 3.30. The van der Waals surface area contributed by atoms with Crippen LogP contribution in [0, 0.1) is 5.95 Å². The second-order valence-corrected chi connectivity index (χ2v) is 4.52. The van der Waals surface area contributed by atoms with Gasteiger partial charge in [0.15, 0.2) is 6.29 Å². The first-order valence-corrected chi connectivity index (χ1v) is 5.74. The van der Waals surface area contributed by atoms with Crippen molar-refractivity contribution >= 4 is 18.0 Å². The molecule has 1 fully saturated rings. The summed E-state index contributed by atoms with van der Waals surface area (Å²) in [5.74, 6) is 1.60. The summed E-state index contributed by atoms with van der Waals surface area (Å²) < 4.78 is 14.8. The minimum Gasteiger partial charge on any atom is -0.298 e. The smallest absolute Gasteiger partial charge is 0.222 e. The van der Waals surface area contributed by atoms with Gasteiger partial charge in [-0.1, -0.05) is 0 Å². The van der Waals surface area contributed by atoms with Crippen LogP contribution in [-0.4, -0.2) is 27.6 Å². The van der Waals surface area contributed by atoms with E-state index in [1.165, 1.54) is 10.9 Å². The molecule has 2 rings (SSSR count). The molecule has 3 nitrogen and oxygen atoms in total. The van der Waals surface area contributed by atoms with E-state index in [-0.39, 0.29) is 11.6 Å². The molecule has 0 saturated carbocycles. The van der Waals surface area contributed by atoms with Gasteiger partial charge in [0.25, 0.3) is 0 Å². The molecule has 76 valence electrons. The lowest BCUT2D eigenvalue weighted by Gasteiger charge is -2.21. The van der Waals surface area contributed by atoms with Crippen molar-refractivity contribution in [1.29, 1.82) is 0 Å². The van der Waals surface area contributed by atoms with Gasteiger partial charge in [-0.2, -0.15) is 21.3 Å². The molecule has 1 saturated heterocycles. The van der Waals surface area contributed by atoms with Crippen LogP contribution in [0.3, 0.4) is 0 Å². The Labute approximate surface area is 85.7 Å². The molecule has 0 amide bonds. The normalized spacial score (nSPS) is 18.4. The molecule has 0 spiro atoms. The number of carbonyl (C=O) groups is 1. The Balaban J connectivity index is 2.22. The summed E-state index contributed by atoms with van der Waals surface area (Å²) in [5.41, 5.74) is 0.0585. The third-order valence-electron chi connectivity index (χ3n) is 2.42. The van der Waals surface area contributed by atoms with Crippen molar-refractivity contribution in [3.8, 4) is 0 Å². The zero-order valence-corrected chi connectivity index (χ0v) is 8.47. The predicted octanol–water partition coefficient (Wildman–Crippen LogP) is 1.90. The van der Waals surface area contributed by atoms with Gasteiger partial charge in [-0.15, -0.1) is 0 Å². The molecule has 1 aliphatic heterocycles. The highest BCUT2D eigenvalue weighted by Crippen LogP contribution is 2.27. The van der Waals surface area contributed by atoms with Crippen molar-refractivity contribution in [2.24, 2.45) is 0 Å². The van der Waals surface area contributed by atoms with E-state index >= 15 is 0 Å². The van der Waals surface area contributed by atoms with Crippen LogP contribution in [0.1, 0.15) is 29.2 Å². The van der Waals surface area contributed by atoms with Crippen molar-refractivity contribution in [2.75, 3.05) is 11.5 Å². The third-order valence-corrected chi connectivity index (χ3v) is 3.47. The fourth-order valence-corrected chi connectivity index (χ4v) is 2.71. The molecule has 0 radical (unpaired) electrons. The van der Waals surface area contributed by atoms with Gasteiger partial charge in [-0.05, 0) is 24.3 Å². The molecule has 1 aliphatic rings. The summed E-state index contributed by atoms with van der Waals surface area (Å²) in [7, 11) is 0. The number of hydrogen-bond acceptors (Lipinski definition) is 3. The molecular formula is C9H11FN2OS. The van der Waals surface area contributed by atoms with Crippen molar-refractivity contribution in [1.82, 2.24) is 9.78 Å². The van der Waals surface area contributed by atoms with Gasteiger partial charge in [-0.3, -0.25) is 4.79 Å². The lowest BCUT2D eigenvalue weighted by molar-refractivity contribution is 0.111. The summed E-state index contributed by atoms with van der Waals surface area (Å²) in [5, 5.41) is 3.91.